The number of benzene rings is 1. The van der Waals surface area contributed by atoms with Crippen molar-refractivity contribution in [3.63, 3.8) is 0 Å². The highest BCUT2D eigenvalue weighted by Gasteiger charge is 2.28. The third-order valence-electron chi connectivity index (χ3n) is 3.56. The number of aromatic hydroxyl groups is 1. The number of carboxylic acids is 1. The molecule has 2 aromatic rings. The summed E-state index contributed by atoms with van der Waals surface area (Å²) in [5.74, 6) is -1.75. The second-order valence-electron chi connectivity index (χ2n) is 5.39. The van der Waals surface area contributed by atoms with Crippen LogP contribution in [0.5, 0.6) is 11.5 Å². The third kappa shape index (κ3) is 5.12. The molecule has 0 radical (unpaired) electrons. The lowest BCUT2D eigenvalue weighted by Crippen LogP contribution is -2.29. The minimum Gasteiger partial charge on any atom is -0.507 e. The summed E-state index contributed by atoms with van der Waals surface area (Å²) in [7, 11) is 1.44. The number of aliphatic hydroxyl groups excluding tert-OH is 1. The van der Waals surface area contributed by atoms with Crippen LogP contribution in [0.25, 0.3) is 0 Å². The van der Waals surface area contributed by atoms with Gasteiger partial charge in [-0.05, 0) is 12.1 Å². The van der Waals surface area contributed by atoms with Crippen LogP contribution >= 0.6 is 11.8 Å². The van der Waals surface area contributed by atoms with E-state index in [1.54, 1.807) is 0 Å². The molecule has 1 aliphatic heterocycles. The first kappa shape index (κ1) is 21.5. The van der Waals surface area contributed by atoms with Crippen molar-refractivity contribution in [2.24, 2.45) is 0 Å². The fourth-order valence-corrected chi connectivity index (χ4v) is 3.10. The van der Waals surface area contributed by atoms with Crippen LogP contribution in [0.2, 0.25) is 0 Å². The van der Waals surface area contributed by atoms with E-state index in [1.165, 1.54) is 37.1 Å². The van der Waals surface area contributed by atoms with Gasteiger partial charge in [0.1, 0.15) is 28.7 Å². The molecule has 0 aliphatic carbocycles. The number of aromatic carboxylic acids is 1. The quantitative estimate of drug-likeness (QED) is 0.559. The first-order valence-electron chi connectivity index (χ1n) is 7.79. The zero-order chi connectivity index (χ0) is 20.8. The third-order valence-corrected chi connectivity index (χ3v) is 4.67. The van der Waals surface area contributed by atoms with Gasteiger partial charge in [-0.1, -0.05) is 0 Å². The van der Waals surface area contributed by atoms with Gasteiger partial charge < -0.3 is 30.5 Å². The molecular formula is C16H18FN3O7S. The number of rotatable bonds is 4. The number of nitrogens with two attached hydrogens (primary N) is 1. The van der Waals surface area contributed by atoms with Crippen LogP contribution in [0, 0.1) is 5.82 Å². The molecule has 1 aromatic carbocycles. The molecule has 1 aromatic heterocycles. The van der Waals surface area contributed by atoms with Crippen molar-refractivity contribution >= 4 is 23.5 Å². The molecule has 28 heavy (non-hydrogen) atoms. The molecule has 12 heteroatoms. The molecule has 0 bridgehead atoms. The smallest absolute Gasteiger partial charge is 0.351 e. The van der Waals surface area contributed by atoms with Crippen LogP contribution < -0.4 is 16.2 Å². The van der Waals surface area contributed by atoms with E-state index in [9.17, 15) is 14.0 Å². The fourth-order valence-electron chi connectivity index (χ4n) is 2.17. The summed E-state index contributed by atoms with van der Waals surface area (Å²) in [5, 5.41) is 26.5. The number of hydrogen-bond acceptors (Lipinski definition) is 9. The number of aromatic nitrogens is 2. The van der Waals surface area contributed by atoms with Crippen molar-refractivity contribution < 1.29 is 34.0 Å². The Bertz CT molecular complexity index is 908. The highest BCUT2D eigenvalue weighted by Crippen LogP contribution is 2.30. The van der Waals surface area contributed by atoms with Crippen LogP contribution in [0.15, 0.2) is 29.2 Å². The van der Waals surface area contributed by atoms with Crippen molar-refractivity contribution in [1.29, 1.82) is 0 Å². The van der Waals surface area contributed by atoms with Crippen LogP contribution in [0.1, 0.15) is 16.6 Å². The Labute approximate surface area is 162 Å². The van der Waals surface area contributed by atoms with E-state index in [1.807, 2.05) is 0 Å². The lowest BCUT2D eigenvalue weighted by atomic mass is 10.2. The van der Waals surface area contributed by atoms with E-state index < -0.39 is 35.0 Å². The van der Waals surface area contributed by atoms with Crippen LogP contribution in [0.3, 0.4) is 0 Å². The molecule has 0 amide bonds. The molecule has 2 atom stereocenters. The van der Waals surface area contributed by atoms with E-state index >= 15 is 0 Å². The van der Waals surface area contributed by atoms with E-state index in [0.717, 1.165) is 10.8 Å². The predicted molar refractivity (Wildman–Crippen MR) is 97.9 cm³/mol. The van der Waals surface area contributed by atoms with E-state index in [2.05, 4.69) is 4.98 Å². The van der Waals surface area contributed by atoms with Gasteiger partial charge in [-0.3, -0.25) is 4.57 Å². The highest BCUT2D eigenvalue weighted by molar-refractivity contribution is 8.00. The monoisotopic (exact) mass is 415 g/mol. The Kier molecular flexibility index (Phi) is 7.20. The number of hydrogen-bond donors (Lipinski definition) is 4. The van der Waals surface area contributed by atoms with Crippen molar-refractivity contribution in [3.05, 3.63) is 46.3 Å². The number of ether oxygens (including phenoxy) is 2. The van der Waals surface area contributed by atoms with Gasteiger partial charge in [0.2, 0.25) is 0 Å². The average molecular weight is 415 g/mol. The molecule has 10 nitrogen and oxygen atoms in total. The molecule has 2 heterocycles. The predicted octanol–water partition coefficient (Wildman–Crippen LogP) is 0.644. The molecule has 1 fully saturated rings. The Morgan fingerprint density at radius 3 is 2.79 bits per heavy atom. The summed E-state index contributed by atoms with van der Waals surface area (Å²) in [6.07, 6.45) is 0.354. The number of phenols is 1. The first-order chi connectivity index (χ1) is 13.3. The summed E-state index contributed by atoms with van der Waals surface area (Å²) >= 11 is 1.35. The molecule has 3 rings (SSSR count). The highest BCUT2D eigenvalue weighted by atomic mass is 32.2. The maximum atomic E-state index is 13.1. The van der Waals surface area contributed by atoms with Crippen molar-refractivity contribution in [3.8, 4) is 11.5 Å². The number of carboxylic acid groups (broad SMARTS) is 1. The Morgan fingerprint density at radius 2 is 2.25 bits per heavy atom. The van der Waals surface area contributed by atoms with E-state index in [-0.39, 0.29) is 17.9 Å². The van der Waals surface area contributed by atoms with Crippen molar-refractivity contribution in [2.45, 2.75) is 11.7 Å². The lowest BCUT2D eigenvalue weighted by Gasteiger charge is -2.13. The number of nitrogens with zero attached hydrogens (tertiary/aromatic N) is 2. The number of nitrogen functional groups attached to an aromatic ring is 1. The number of thioether (sulfide) groups is 1. The van der Waals surface area contributed by atoms with Crippen molar-refractivity contribution in [1.82, 2.24) is 9.55 Å². The summed E-state index contributed by atoms with van der Waals surface area (Å²) < 4.78 is 24.2. The van der Waals surface area contributed by atoms with Gasteiger partial charge in [-0.2, -0.15) is 4.98 Å². The first-order valence-corrected chi connectivity index (χ1v) is 8.84. The molecule has 0 unspecified atom stereocenters. The van der Waals surface area contributed by atoms with Crippen LogP contribution in [0.4, 0.5) is 10.2 Å². The van der Waals surface area contributed by atoms with Crippen molar-refractivity contribution in [2.75, 3.05) is 25.2 Å². The number of carbonyl (C=O) groups is 1. The molecule has 5 N–H and O–H groups in total. The number of methoxy groups -OCH3 is 1. The molecule has 1 saturated heterocycles. The molecule has 1 aliphatic rings. The topological polar surface area (TPSA) is 157 Å². The zero-order valence-electron chi connectivity index (χ0n) is 14.6. The number of anilines is 1. The molecular weight excluding hydrogens is 397 g/mol. The van der Waals surface area contributed by atoms with Gasteiger partial charge >= 0.3 is 11.7 Å². The maximum absolute atomic E-state index is 13.1. The van der Waals surface area contributed by atoms with Crippen LogP contribution in [-0.4, -0.2) is 55.7 Å². The Morgan fingerprint density at radius 1 is 1.54 bits per heavy atom. The average Bonchev–Trinajstić information content (AvgIpc) is 3.13. The minimum absolute atomic E-state index is 0.129. The summed E-state index contributed by atoms with van der Waals surface area (Å²) in [4.78, 5) is 25.2. The minimum atomic E-state index is -1.16. The zero-order valence-corrected chi connectivity index (χ0v) is 15.4. The normalized spacial score (nSPS) is 18.2. The van der Waals surface area contributed by atoms with Gasteiger partial charge in [0.05, 0.1) is 19.9 Å². The molecule has 0 spiro atoms. The van der Waals surface area contributed by atoms with Gasteiger partial charge in [-0.25, -0.2) is 14.0 Å². The largest absolute Gasteiger partial charge is 0.507 e. The van der Waals surface area contributed by atoms with Gasteiger partial charge in [0.15, 0.2) is 11.6 Å². The second-order valence-corrected chi connectivity index (χ2v) is 6.58. The Hall–Kier alpha value is -2.83. The molecule has 152 valence electrons. The van der Waals surface area contributed by atoms with E-state index in [0.29, 0.717) is 11.5 Å². The lowest BCUT2D eigenvalue weighted by molar-refractivity contribution is -0.00677. The standard InChI is InChI=1S/C8H10FN3O3S.C8H8O4/c9-4-1-12(8(14)11-7(4)10)5-3-16-6(2-13)15-5;1-12-5-2-3-6(8(10)11)7(9)4-5/h1,5-6,13H,2-3H2,(H2,10,11,14);2-4,9H,1H3,(H,10,11)/t5-,6+;/m0./s1. The van der Waals surface area contributed by atoms with Gasteiger partial charge in [-0.15, -0.1) is 11.8 Å². The van der Waals surface area contributed by atoms with Gasteiger partial charge in [0.25, 0.3) is 0 Å². The maximum Gasteiger partial charge on any atom is 0.351 e. The second kappa shape index (κ2) is 9.39. The molecule has 0 saturated carbocycles. The van der Waals surface area contributed by atoms with Crippen LogP contribution in [-0.2, 0) is 4.74 Å². The van der Waals surface area contributed by atoms with Gasteiger partial charge in [0, 0.05) is 11.8 Å². The fraction of sp³-hybridized carbons (Fsp3) is 0.312. The van der Waals surface area contributed by atoms with E-state index in [4.69, 9.17) is 30.5 Å². The summed E-state index contributed by atoms with van der Waals surface area (Å²) in [6.45, 7) is -0.152. The number of halogens is 1. The number of aliphatic hydroxyl groups is 1. The summed E-state index contributed by atoms with van der Waals surface area (Å²) in [6, 6.07) is 4.02. The Balaban J connectivity index is 0.000000209. The SMILES string of the molecule is COc1ccc(C(=O)O)c(O)c1.Nc1nc(=O)n([C@@H]2CS[C@H](CO)O2)cc1F. The summed E-state index contributed by atoms with van der Waals surface area (Å²) in [5.41, 5.74) is 3.97.